The summed E-state index contributed by atoms with van der Waals surface area (Å²) in [4.78, 5) is 43.5. The van der Waals surface area contributed by atoms with E-state index >= 15 is 0 Å². The molecule has 0 saturated heterocycles. The molecule has 3 aromatic rings. The van der Waals surface area contributed by atoms with Gasteiger partial charge in [0.2, 0.25) is 0 Å². The van der Waals surface area contributed by atoms with Crippen LogP contribution in [0.15, 0.2) is 88.3 Å². The SMILES string of the molecule is C=CCOC(=O)C1=C(C)N=c2sc(=Cc3ccccc3)c(=O)n2C1c1ccc(C(=O)OC)cc1. The highest BCUT2D eigenvalue weighted by molar-refractivity contribution is 7.07. The number of nitrogens with zero attached hydrogens (tertiary/aromatic N) is 2. The van der Waals surface area contributed by atoms with Gasteiger partial charge in [-0.25, -0.2) is 14.6 Å². The summed E-state index contributed by atoms with van der Waals surface area (Å²) in [5.41, 5.74) is 2.33. The number of esters is 2. The largest absolute Gasteiger partial charge is 0.465 e. The summed E-state index contributed by atoms with van der Waals surface area (Å²) < 4.78 is 12.1. The van der Waals surface area contributed by atoms with Crippen LogP contribution in [0.2, 0.25) is 0 Å². The normalized spacial score (nSPS) is 15.4. The van der Waals surface area contributed by atoms with Crippen LogP contribution in [0.4, 0.5) is 0 Å². The first kappa shape index (κ1) is 23.1. The Morgan fingerprint density at radius 2 is 1.82 bits per heavy atom. The number of thiazole rings is 1. The highest BCUT2D eigenvalue weighted by Crippen LogP contribution is 2.31. The number of allylic oxidation sites excluding steroid dienone is 1. The van der Waals surface area contributed by atoms with Crippen LogP contribution < -0.4 is 14.9 Å². The lowest BCUT2D eigenvalue weighted by Crippen LogP contribution is -2.40. The van der Waals surface area contributed by atoms with Crippen LogP contribution in [0, 0.1) is 0 Å². The smallest absolute Gasteiger partial charge is 0.338 e. The summed E-state index contributed by atoms with van der Waals surface area (Å²) in [6, 6.07) is 15.3. The molecule has 0 saturated carbocycles. The molecule has 2 heterocycles. The Hall–Kier alpha value is -4.04. The van der Waals surface area contributed by atoms with Crippen LogP contribution in [0.3, 0.4) is 0 Å². The predicted octanol–water partition coefficient (Wildman–Crippen LogP) is 2.75. The van der Waals surface area contributed by atoms with Gasteiger partial charge in [-0.15, -0.1) is 0 Å². The van der Waals surface area contributed by atoms with Crippen LogP contribution in [-0.2, 0) is 14.3 Å². The fourth-order valence-electron chi connectivity index (χ4n) is 3.73. The third kappa shape index (κ3) is 4.40. The maximum atomic E-state index is 13.5. The molecule has 7 nitrogen and oxygen atoms in total. The fourth-order valence-corrected chi connectivity index (χ4v) is 4.78. The first-order chi connectivity index (χ1) is 16.4. The fraction of sp³-hybridized carbons (Fsp3) is 0.154. The van der Waals surface area contributed by atoms with E-state index in [9.17, 15) is 14.4 Å². The summed E-state index contributed by atoms with van der Waals surface area (Å²) in [5, 5.41) is 0. The van der Waals surface area contributed by atoms with Gasteiger partial charge in [0.1, 0.15) is 6.61 Å². The first-order valence-corrected chi connectivity index (χ1v) is 11.3. The van der Waals surface area contributed by atoms with Crippen molar-refractivity contribution in [1.29, 1.82) is 0 Å². The zero-order chi connectivity index (χ0) is 24.2. The van der Waals surface area contributed by atoms with Crippen LogP contribution >= 0.6 is 11.3 Å². The van der Waals surface area contributed by atoms with Crippen LogP contribution in [0.25, 0.3) is 6.08 Å². The van der Waals surface area contributed by atoms with Crippen molar-refractivity contribution in [2.75, 3.05) is 13.7 Å². The molecule has 0 aliphatic carbocycles. The average Bonchev–Trinajstić information content (AvgIpc) is 3.16. The highest BCUT2D eigenvalue weighted by Gasteiger charge is 2.33. The Balaban J connectivity index is 1.91. The van der Waals surface area contributed by atoms with Crippen LogP contribution in [0.1, 0.15) is 34.5 Å². The van der Waals surface area contributed by atoms with Crippen molar-refractivity contribution in [2.24, 2.45) is 4.99 Å². The molecule has 8 heteroatoms. The van der Waals surface area contributed by atoms with E-state index in [1.54, 1.807) is 37.3 Å². The van der Waals surface area contributed by atoms with Gasteiger partial charge in [-0.05, 0) is 36.3 Å². The number of aromatic nitrogens is 1. The summed E-state index contributed by atoms with van der Waals surface area (Å²) in [5.74, 6) is -1.06. The Bertz CT molecular complexity index is 1460. The van der Waals surface area contributed by atoms with Gasteiger partial charge in [0.25, 0.3) is 5.56 Å². The monoisotopic (exact) mass is 474 g/mol. The van der Waals surface area contributed by atoms with Crippen LogP contribution in [-0.4, -0.2) is 30.2 Å². The molecule has 0 N–H and O–H groups in total. The Morgan fingerprint density at radius 1 is 1.12 bits per heavy atom. The standard InChI is InChI=1S/C26H22N2O5S/c1-4-14-33-25(31)21-16(2)27-26-28(22(21)18-10-12-19(13-11-18)24(30)32-3)23(29)20(34-26)15-17-8-6-5-7-9-17/h4-13,15,22H,1,14H2,2-3H3. The van der Waals surface area contributed by atoms with Crippen molar-refractivity contribution >= 4 is 29.4 Å². The average molecular weight is 475 g/mol. The lowest BCUT2D eigenvalue weighted by Gasteiger charge is -2.24. The molecule has 1 aliphatic heterocycles. The van der Waals surface area contributed by atoms with Crippen molar-refractivity contribution in [1.82, 2.24) is 4.57 Å². The second-order valence-corrected chi connectivity index (χ2v) is 8.50. The predicted molar refractivity (Wildman–Crippen MR) is 129 cm³/mol. The van der Waals surface area contributed by atoms with Crippen molar-refractivity contribution < 1.29 is 19.1 Å². The minimum Gasteiger partial charge on any atom is -0.465 e. The van der Waals surface area contributed by atoms with Crippen molar-refractivity contribution in [3.63, 3.8) is 0 Å². The molecule has 0 radical (unpaired) electrons. The Morgan fingerprint density at radius 3 is 2.47 bits per heavy atom. The van der Waals surface area contributed by atoms with Crippen molar-refractivity contribution in [2.45, 2.75) is 13.0 Å². The van der Waals surface area contributed by atoms with Crippen molar-refractivity contribution in [3.8, 4) is 0 Å². The molecular weight excluding hydrogens is 452 g/mol. The number of fused-ring (bicyclic) bond motifs is 1. The molecule has 34 heavy (non-hydrogen) atoms. The Kier molecular flexibility index (Phi) is 6.70. The van der Waals surface area contributed by atoms with E-state index in [0.29, 0.717) is 26.2 Å². The number of ether oxygens (including phenoxy) is 2. The molecule has 1 aliphatic rings. The quantitative estimate of drug-likeness (QED) is 0.405. The molecule has 2 aromatic carbocycles. The summed E-state index contributed by atoms with van der Waals surface area (Å²) in [7, 11) is 1.31. The summed E-state index contributed by atoms with van der Waals surface area (Å²) in [6.07, 6.45) is 3.28. The number of carbonyl (C=O) groups is 2. The van der Waals surface area contributed by atoms with Crippen molar-refractivity contribution in [3.05, 3.63) is 115 Å². The maximum Gasteiger partial charge on any atom is 0.338 e. The van der Waals surface area contributed by atoms with Gasteiger partial charge in [-0.2, -0.15) is 0 Å². The van der Waals surface area contributed by atoms with E-state index in [2.05, 4.69) is 11.6 Å². The molecule has 4 rings (SSSR count). The molecule has 0 amide bonds. The van der Waals surface area contributed by atoms with Gasteiger partial charge in [0, 0.05) is 0 Å². The minimum atomic E-state index is -0.766. The molecule has 0 spiro atoms. The second-order valence-electron chi connectivity index (χ2n) is 7.49. The van der Waals surface area contributed by atoms with Gasteiger partial charge >= 0.3 is 11.9 Å². The molecule has 0 bridgehead atoms. The molecule has 1 aromatic heterocycles. The van der Waals surface area contributed by atoms with E-state index in [-0.39, 0.29) is 17.7 Å². The van der Waals surface area contributed by atoms with Gasteiger partial charge in [-0.1, -0.05) is 66.5 Å². The van der Waals surface area contributed by atoms with Gasteiger partial charge in [0.15, 0.2) is 4.80 Å². The summed E-state index contributed by atoms with van der Waals surface area (Å²) >= 11 is 1.25. The van der Waals surface area contributed by atoms with Gasteiger partial charge in [0.05, 0.1) is 34.5 Å². The van der Waals surface area contributed by atoms with Gasteiger partial charge in [-0.3, -0.25) is 9.36 Å². The van der Waals surface area contributed by atoms with E-state index in [1.807, 2.05) is 30.3 Å². The van der Waals surface area contributed by atoms with E-state index in [4.69, 9.17) is 9.47 Å². The molecule has 1 atom stereocenters. The van der Waals surface area contributed by atoms with Gasteiger partial charge < -0.3 is 9.47 Å². The highest BCUT2D eigenvalue weighted by atomic mass is 32.1. The topological polar surface area (TPSA) is 87.0 Å². The maximum absolute atomic E-state index is 13.5. The molecule has 0 fully saturated rings. The number of hydrogen-bond acceptors (Lipinski definition) is 7. The van der Waals surface area contributed by atoms with Crippen LogP contribution in [0.5, 0.6) is 0 Å². The zero-order valence-corrected chi connectivity index (χ0v) is 19.5. The van der Waals surface area contributed by atoms with E-state index < -0.39 is 18.0 Å². The molecular formula is C26H22N2O5S. The van der Waals surface area contributed by atoms with E-state index in [0.717, 1.165) is 5.56 Å². The number of carbonyl (C=O) groups excluding carboxylic acids is 2. The number of rotatable bonds is 6. The number of methoxy groups -OCH3 is 1. The molecule has 1 unspecified atom stereocenters. The Labute approximate surface area is 199 Å². The number of benzene rings is 2. The number of hydrogen-bond donors (Lipinski definition) is 0. The van der Waals surface area contributed by atoms with E-state index in [1.165, 1.54) is 29.1 Å². The third-order valence-electron chi connectivity index (χ3n) is 5.32. The zero-order valence-electron chi connectivity index (χ0n) is 18.7. The summed E-state index contributed by atoms with van der Waals surface area (Å²) in [6.45, 7) is 5.33. The lowest BCUT2D eigenvalue weighted by molar-refractivity contribution is -0.138. The lowest BCUT2D eigenvalue weighted by atomic mass is 9.95. The molecule has 172 valence electrons. The minimum absolute atomic E-state index is 0.0298. The first-order valence-electron chi connectivity index (χ1n) is 10.5. The second kappa shape index (κ2) is 9.84. The third-order valence-corrected chi connectivity index (χ3v) is 6.30.